The summed E-state index contributed by atoms with van der Waals surface area (Å²) in [6, 6.07) is 7.38. The van der Waals surface area contributed by atoms with Crippen LogP contribution in [0.25, 0.3) is 0 Å². The molecule has 1 amide bonds. The van der Waals surface area contributed by atoms with Crippen LogP contribution < -0.4 is 10.1 Å². The molecule has 1 aromatic rings. The summed E-state index contributed by atoms with van der Waals surface area (Å²) in [7, 11) is 1.61. The highest BCUT2D eigenvalue weighted by Gasteiger charge is 2.15. The van der Waals surface area contributed by atoms with Crippen molar-refractivity contribution in [3.8, 4) is 5.75 Å². The van der Waals surface area contributed by atoms with Gasteiger partial charge in [-0.25, -0.2) is 0 Å². The Morgan fingerprint density at radius 2 is 2.47 bits per heavy atom. The summed E-state index contributed by atoms with van der Waals surface area (Å²) < 4.78 is 10.5. The number of carbonyl (C=O) groups excluding carboxylic acids is 1. The molecule has 0 saturated carbocycles. The molecule has 1 saturated heterocycles. The Bertz CT molecular complexity index is 419. The highest BCUT2D eigenvalue weighted by Crippen LogP contribution is 2.21. The quantitative estimate of drug-likeness (QED) is 0.901. The van der Waals surface area contributed by atoms with Gasteiger partial charge in [0.2, 0.25) is 5.91 Å². The van der Waals surface area contributed by atoms with Crippen molar-refractivity contribution in [2.45, 2.75) is 18.1 Å². The molecule has 0 aromatic heterocycles. The second kappa shape index (κ2) is 7.40. The van der Waals surface area contributed by atoms with Crippen LogP contribution in [0.15, 0.2) is 24.3 Å². The number of hydrogen-bond donors (Lipinski definition) is 1. The zero-order chi connectivity index (χ0) is 13.5. The minimum Gasteiger partial charge on any atom is -0.497 e. The average molecular weight is 281 g/mol. The maximum atomic E-state index is 11.8. The largest absolute Gasteiger partial charge is 0.497 e. The van der Waals surface area contributed by atoms with Gasteiger partial charge in [0.1, 0.15) is 5.75 Å². The third kappa shape index (κ3) is 4.76. The van der Waals surface area contributed by atoms with Crippen LogP contribution in [0.2, 0.25) is 0 Å². The van der Waals surface area contributed by atoms with Crippen molar-refractivity contribution in [2.75, 3.05) is 31.4 Å². The van der Waals surface area contributed by atoms with Crippen LogP contribution in [0.5, 0.6) is 5.75 Å². The van der Waals surface area contributed by atoms with E-state index in [-0.39, 0.29) is 5.91 Å². The lowest BCUT2D eigenvalue weighted by Crippen LogP contribution is -2.22. The van der Waals surface area contributed by atoms with Gasteiger partial charge in [-0.05, 0) is 25.0 Å². The number of anilines is 1. The highest BCUT2D eigenvalue weighted by atomic mass is 32.2. The SMILES string of the molecule is COc1cccc(NC(=O)CS[C@@H]2CCCOC2)c1. The van der Waals surface area contributed by atoms with E-state index in [9.17, 15) is 4.79 Å². The molecular formula is C14H19NO3S. The third-order valence-corrected chi connectivity index (χ3v) is 4.19. The van der Waals surface area contributed by atoms with E-state index >= 15 is 0 Å². The van der Waals surface area contributed by atoms with Gasteiger partial charge in [0.05, 0.1) is 19.5 Å². The van der Waals surface area contributed by atoms with E-state index in [1.165, 1.54) is 0 Å². The maximum absolute atomic E-state index is 11.8. The number of hydrogen-bond acceptors (Lipinski definition) is 4. The predicted octanol–water partition coefficient (Wildman–Crippen LogP) is 2.55. The minimum absolute atomic E-state index is 0.0174. The summed E-state index contributed by atoms with van der Waals surface area (Å²) in [5.74, 6) is 1.22. The molecule has 2 rings (SSSR count). The molecule has 0 unspecified atom stereocenters. The van der Waals surface area contributed by atoms with Crippen molar-refractivity contribution >= 4 is 23.4 Å². The van der Waals surface area contributed by atoms with Crippen LogP contribution in [0, 0.1) is 0 Å². The van der Waals surface area contributed by atoms with Crippen LogP contribution >= 0.6 is 11.8 Å². The lowest BCUT2D eigenvalue weighted by molar-refractivity contribution is -0.113. The summed E-state index contributed by atoms with van der Waals surface area (Å²) in [5, 5.41) is 3.32. The van der Waals surface area contributed by atoms with Gasteiger partial charge in [-0.1, -0.05) is 6.07 Å². The van der Waals surface area contributed by atoms with E-state index in [0.29, 0.717) is 11.0 Å². The van der Waals surface area contributed by atoms with E-state index in [0.717, 1.165) is 37.5 Å². The first-order valence-corrected chi connectivity index (χ1v) is 7.46. The van der Waals surface area contributed by atoms with Crippen LogP contribution in [0.3, 0.4) is 0 Å². The number of carbonyl (C=O) groups is 1. The normalized spacial score (nSPS) is 18.9. The number of rotatable bonds is 5. The minimum atomic E-state index is 0.0174. The van der Waals surface area contributed by atoms with Crippen LogP contribution in [-0.2, 0) is 9.53 Å². The smallest absolute Gasteiger partial charge is 0.234 e. The van der Waals surface area contributed by atoms with Gasteiger partial charge in [0.15, 0.2) is 0 Å². The van der Waals surface area contributed by atoms with Gasteiger partial charge < -0.3 is 14.8 Å². The monoisotopic (exact) mass is 281 g/mol. The van der Waals surface area contributed by atoms with Crippen LogP contribution in [0.1, 0.15) is 12.8 Å². The van der Waals surface area contributed by atoms with E-state index in [2.05, 4.69) is 5.32 Å². The highest BCUT2D eigenvalue weighted by molar-refractivity contribution is 8.00. The van der Waals surface area contributed by atoms with Gasteiger partial charge in [0, 0.05) is 23.6 Å². The van der Waals surface area contributed by atoms with E-state index in [1.54, 1.807) is 18.9 Å². The number of benzene rings is 1. The van der Waals surface area contributed by atoms with Crippen LogP contribution in [0.4, 0.5) is 5.69 Å². The van der Waals surface area contributed by atoms with Crippen molar-refractivity contribution < 1.29 is 14.3 Å². The Labute approximate surface area is 117 Å². The van der Waals surface area contributed by atoms with Gasteiger partial charge in [-0.15, -0.1) is 11.8 Å². The fourth-order valence-corrected chi connectivity index (χ4v) is 2.92. The molecule has 0 aliphatic carbocycles. The molecule has 4 nitrogen and oxygen atoms in total. The lowest BCUT2D eigenvalue weighted by Gasteiger charge is -2.21. The van der Waals surface area contributed by atoms with Crippen molar-refractivity contribution in [2.24, 2.45) is 0 Å². The van der Waals surface area contributed by atoms with Gasteiger partial charge in [0.25, 0.3) is 0 Å². The molecule has 1 N–H and O–H groups in total. The van der Waals surface area contributed by atoms with Crippen molar-refractivity contribution in [1.29, 1.82) is 0 Å². The zero-order valence-corrected chi connectivity index (χ0v) is 11.9. The molecule has 1 atom stereocenters. The summed E-state index contributed by atoms with van der Waals surface area (Å²) in [5.41, 5.74) is 0.768. The Hall–Kier alpha value is -1.20. The zero-order valence-electron chi connectivity index (χ0n) is 11.1. The van der Waals surface area contributed by atoms with Gasteiger partial charge in [-0.3, -0.25) is 4.79 Å². The summed E-state index contributed by atoms with van der Waals surface area (Å²) in [6.07, 6.45) is 2.23. The second-order valence-corrected chi connectivity index (χ2v) is 5.72. The number of thioether (sulfide) groups is 1. The molecule has 104 valence electrons. The maximum Gasteiger partial charge on any atom is 0.234 e. The van der Waals surface area contributed by atoms with Crippen LogP contribution in [-0.4, -0.2) is 37.2 Å². The fourth-order valence-electron chi connectivity index (χ4n) is 1.93. The number of ether oxygens (including phenoxy) is 2. The standard InChI is InChI=1S/C14H19NO3S/c1-17-12-5-2-4-11(8-12)15-14(16)10-19-13-6-3-7-18-9-13/h2,4-5,8,13H,3,6-7,9-10H2,1H3,(H,15,16)/t13-/m1/s1. The molecule has 1 heterocycles. The number of methoxy groups -OCH3 is 1. The Balaban J connectivity index is 1.76. The predicted molar refractivity (Wildman–Crippen MR) is 77.9 cm³/mol. The molecule has 1 aliphatic rings. The average Bonchev–Trinajstić information content (AvgIpc) is 2.46. The molecule has 0 spiro atoms. The fraction of sp³-hybridized carbons (Fsp3) is 0.500. The Morgan fingerprint density at radius 3 is 3.21 bits per heavy atom. The number of amides is 1. The summed E-state index contributed by atoms with van der Waals surface area (Å²) in [6.45, 7) is 1.62. The van der Waals surface area contributed by atoms with Gasteiger partial charge in [-0.2, -0.15) is 0 Å². The second-order valence-electron chi connectivity index (χ2n) is 4.43. The first-order valence-electron chi connectivity index (χ1n) is 6.41. The van der Waals surface area contributed by atoms with E-state index in [4.69, 9.17) is 9.47 Å². The summed E-state index contributed by atoms with van der Waals surface area (Å²) in [4.78, 5) is 11.8. The molecule has 0 radical (unpaired) electrons. The molecule has 0 bridgehead atoms. The third-order valence-electron chi connectivity index (χ3n) is 2.92. The topological polar surface area (TPSA) is 47.6 Å². The van der Waals surface area contributed by atoms with E-state index < -0.39 is 0 Å². The molecule has 1 aromatic carbocycles. The van der Waals surface area contributed by atoms with E-state index in [1.807, 2.05) is 24.3 Å². The lowest BCUT2D eigenvalue weighted by atomic mass is 10.2. The Morgan fingerprint density at radius 1 is 1.58 bits per heavy atom. The Kier molecular flexibility index (Phi) is 5.54. The molecule has 19 heavy (non-hydrogen) atoms. The molecule has 5 heteroatoms. The molecular weight excluding hydrogens is 262 g/mol. The van der Waals surface area contributed by atoms with Gasteiger partial charge >= 0.3 is 0 Å². The van der Waals surface area contributed by atoms with Crippen molar-refractivity contribution in [3.63, 3.8) is 0 Å². The molecule has 1 aliphatic heterocycles. The first kappa shape index (κ1) is 14.2. The number of nitrogens with one attached hydrogen (secondary N) is 1. The first-order chi connectivity index (χ1) is 9.28. The summed E-state index contributed by atoms with van der Waals surface area (Å²) >= 11 is 1.67. The van der Waals surface area contributed by atoms with Crippen molar-refractivity contribution in [1.82, 2.24) is 0 Å². The molecule has 1 fully saturated rings. The van der Waals surface area contributed by atoms with Crippen molar-refractivity contribution in [3.05, 3.63) is 24.3 Å².